The Kier molecular flexibility index (Phi) is 5.45. The van der Waals surface area contributed by atoms with Gasteiger partial charge in [-0.25, -0.2) is 9.97 Å². The van der Waals surface area contributed by atoms with E-state index in [1.807, 2.05) is 23.1 Å². The molecule has 1 fully saturated rings. The molecule has 1 aliphatic heterocycles. The Labute approximate surface area is 150 Å². The predicted molar refractivity (Wildman–Crippen MR) is 94.1 cm³/mol. The van der Waals surface area contributed by atoms with Gasteiger partial charge in [-0.15, -0.1) is 0 Å². The summed E-state index contributed by atoms with van der Waals surface area (Å²) < 4.78 is 0. The molecular weight excluding hydrogens is 342 g/mol. The molecule has 0 aliphatic carbocycles. The van der Waals surface area contributed by atoms with E-state index >= 15 is 0 Å². The van der Waals surface area contributed by atoms with Gasteiger partial charge in [0.05, 0.1) is 0 Å². The van der Waals surface area contributed by atoms with Crippen LogP contribution in [0.2, 0.25) is 5.02 Å². The molecule has 1 aromatic carbocycles. The fraction of sp³-hybridized carbons (Fsp3) is 0.294. The number of anilines is 1. The van der Waals surface area contributed by atoms with Crippen molar-refractivity contribution in [3.05, 3.63) is 53.3 Å². The Morgan fingerprint density at radius 2 is 1.72 bits per heavy atom. The molecule has 0 bridgehead atoms. The number of carbonyl (C=O) groups excluding carboxylic acids is 2. The van der Waals surface area contributed by atoms with Crippen LogP contribution < -0.4 is 10.2 Å². The van der Waals surface area contributed by atoms with Crippen molar-refractivity contribution in [1.29, 1.82) is 0 Å². The van der Waals surface area contributed by atoms with Crippen molar-refractivity contribution in [3.8, 4) is 0 Å². The summed E-state index contributed by atoms with van der Waals surface area (Å²) in [6.45, 7) is 2.32. The topological polar surface area (TPSA) is 78.4 Å². The summed E-state index contributed by atoms with van der Waals surface area (Å²) in [5.74, 6) is -0.511. The summed E-state index contributed by atoms with van der Waals surface area (Å²) in [7, 11) is 0. The molecule has 7 nitrogen and oxygen atoms in total. The number of benzene rings is 1. The van der Waals surface area contributed by atoms with E-state index in [1.165, 1.54) is 0 Å². The molecule has 0 radical (unpaired) electrons. The predicted octanol–water partition coefficient (Wildman–Crippen LogP) is 1.09. The first-order valence-electron chi connectivity index (χ1n) is 7.97. The van der Waals surface area contributed by atoms with Gasteiger partial charge in [0.25, 0.3) is 0 Å². The lowest BCUT2D eigenvalue weighted by atomic mass is 10.2. The molecule has 25 heavy (non-hydrogen) atoms. The van der Waals surface area contributed by atoms with Gasteiger partial charge in [-0.2, -0.15) is 0 Å². The number of carbonyl (C=O) groups is 2. The van der Waals surface area contributed by atoms with Gasteiger partial charge in [-0.05, 0) is 17.7 Å². The normalized spacial score (nSPS) is 14.3. The second kappa shape index (κ2) is 7.94. The second-order valence-corrected chi connectivity index (χ2v) is 6.01. The Morgan fingerprint density at radius 3 is 2.40 bits per heavy atom. The summed E-state index contributed by atoms with van der Waals surface area (Å²) in [4.78, 5) is 36.3. The van der Waals surface area contributed by atoms with Crippen molar-refractivity contribution in [1.82, 2.24) is 20.2 Å². The lowest BCUT2D eigenvalue weighted by Crippen LogP contribution is -2.52. The Morgan fingerprint density at radius 1 is 1.04 bits per heavy atom. The highest BCUT2D eigenvalue weighted by Crippen LogP contribution is 2.14. The van der Waals surface area contributed by atoms with E-state index in [-0.39, 0.29) is 6.54 Å². The minimum absolute atomic E-state index is 0.224. The van der Waals surface area contributed by atoms with E-state index < -0.39 is 11.8 Å². The summed E-state index contributed by atoms with van der Waals surface area (Å²) in [6.07, 6.45) is 3.37. The second-order valence-electron chi connectivity index (χ2n) is 5.60. The van der Waals surface area contributed by atoms with E-state index in [0.717, 1.165) is 5.56 Å². The first kappa shape index (κ1) is 17.2. The van der Waals surface area contributed by atoms with E-state index in [1.54, 1.807) is 29.4 Å². The molecule has 2 aromatic rings. The molecule has 1 saturated heterocycles. The maximum atomic E-state index is 12.3. The standard InChI is InChI=1S/C17H18ClN5O2/c18-14-5-2-1-4-13(14)12-21-15(24)16(25)22-8-10-23(11-9-22)17-19-6-3-7-20-17/h1-7H,8-12H2,(H,21,24). The molecule has 1 aliphatic rings. The van der Waals surface area contributed by atoms with Gasteiger partial charge in [0.2, 0.25) is 5.95 Å². The van der Waals surface area contributed by atoms with Crippen LogP contribution in [-0.2, 0) is 16.1 Å². The molecule has 0 atom stereocenters. The minimum atomic E-state index is -0.621. The first-order chi connectivity index (χ1) is 12.1. The quantitative estimate of drug-likeness (QED) is 0.830. The highest BCUT2D eigenvalue weighted by atomic mass is 35.5. The highest BCUT2D eigenvalue weighted by molar-refractivity contribution is 6.35. The Hall–Kier alpha value is -2.67. The zero-order valence-corrected chi connectivity index (χ0v) is 14.3. The molecule has 2 amide bonds. The van der Waals surface area contributed by atoms with Gasteiger partial charge in [0, 0.05) is 50.1 Å². The summed E-state index contributed by atoms with van der Waals surface area (Å²) in [5, 5.41) is 3.19. The van der Waals surface area contributed by atoms with Gasteiger partial charge in [0.1, 0.15) is 0 Å². The minimum Gasteiger partial charge on any atom is -0.344 e. The van der Waals surface area contributed by atoms with Crippen LogP contribution in [0.4, 0.5) is 5.95 Å². The number of amides is 2. The molecule has 0 unspecified atom stereocenters. The van der Waals surface area contributed by atoms with Crippen LogP contribution in [0.3, 0.4) is 0 Å². The summed E-state index contributed by atoms with van der Waals surface area (Å²) >= 11 is 6.05. The fourth-order valence-corrected chi connectivity index (χ4v) is 2.80. The van der Waals surface area contributed by atoms with E-state index in [4.69, 9.17) is 11.6 Å². The van der Waals surface area contributed by atoms with Crippen LogP contribution in [-0.4, -0.2) is 52.9 Å². The van der Waals surface area contributed by atoms with Crippen LogP contribution in [0.5, 0.6) is 0 Å². The summed E-state index contributed by atoms with van der Waals surface area (Å²) in [5.41, 5.74) is 0.774. The SMILES string of the molecule is O=C(NCc1ccccc1Cl)C(=O)N1CCN(c2ncccn2)CC1. The number of rotatable bonds is 3. The molecule has 2 heterocycles. The third kappa shape index (κ3) is 4.24. The fourth-order valence-electron chi connectivity index (χ4n) is 2.60. The van der Waals surface area contributed by atoms with Crippen LogP contribution in [0.15, 0.2) is 42.7 Å². The molecule has 8 heteroatoms. The first-order valence-corrected chi connectivity index (χ1v) is 8.35. The number of nitrogens with one attached hydrogen (secondary N) is 1. The van der Waals surface area contributed by atoms with Crippen molar-refractivity contribution in [3.63, 3.8) is 0 Å². The van der Waals surface area contributed by atoms with Gasteiger partial charge < -0.3 is 15.1 Å². The Balaban J connectivity index is 1.50. The molecule has 0 saturated carbocycles. The zero-order valence-electron chi connectivity index (χ0n) is 13.6. The number of hydrogen-bond acceptors (Lipinski definition) is 5. The molecule has 0 spiro atoms. The third-order valence-corrected chi connectivity index (χ3v) is 4.36. The molecular formula is C17H18ClN5O2. The maximum Gasteiger partial charge on any atom is 0.312 e. The zero-order chi connectivity index (χ0) is 17.6. The number of aromatic nitrogens is 2. The highest BCUT2D eigenvalue weighted by Gasteiger charge is 2.26. The van der Waals surface area contributed by atoms with Crippen LogP contribution >= 0.6 is 11.6 Å². The van der Waals surface area contributed by atoms with E-state index in [2.05, 4.69) is 15.3 Å². The number of piperazine rings is 1. The van der Waals surface area contributed by atoms with Gasteiger partial charge in [0.15, 0.2) is 0 Å². The monoisotopic (exact) mass is 359 g/mol. The van der Waals surface area contributed by atoms with Crippen LogP contribution in [0.25, 0.3) is 0 Å². The molecule has 3 rings (SSSR count). The molecule has 1 aromatic heterocycles. The van der Waals surface area contributed by atoms with Crippen molar-refractivity contribution in [2.45, 2.75) is 6.54 Å². The number of nitrogens with zero attached hydrogens (tertiary/aromatic N) is 4. The van der Waals surface area contributed by atoms with Crippen LogP contribution in [0.1, 0.15) is 5.56 Å². The average molecular weight is 360 g/mol. The van der Waals surface area contributed by atoms with Gasteiger partial charge >= 0.3 is 11.8 Å². The molecule has 130 valence electrons. The van der Waals surface area contributed by atoms with Crippen molar-refractivity contribution < 1.29 is 9.59 Å². The smallest absolute Gasteiger partial charge is 0.312 e. The van der Waals surface area contributed by atoms with Crippen LogP contribution in [0, 0.1) is 0 Å². The largest absolute Gasteiger partial charge is 0.344 e. The average Bonchev–Trinajstić information content (AvgIpc) is 2.67. The van der Waals surface area contributed by atoms with Crippen molar-refractivity contribution >= 4 is 29.4 Å². The number of halogens is 1. The lowest BCUT2D eigenvalue weighted by molar-refractivity contribution is -0.146. The van der Waals surface area contributed by atoms with Crippen molar-refractivity contribution in [2.24, 2.45) is 0 Å². The third-order valence-electron chi connectivity index (χ3n) is 3.99. The Bertz CT molecular complexity index is 748. The maximum absolute atomic E-state index is 12.3. The van der Waals surface area contributed by atoms with E-state index in [9.17, 15) is 9.59 Å². The molecule has 1 N–H and O–H groups in total. The van der Waals surface area contributed by atoms with E-state index in [0.29, 0.717) is 37.1 Å². The summed E-state index contributed by atoms with van der Waals surface area (Å²) in [6, 6.07) is 8.96. The lowest BCUT2D eigenvalue weighted by Gasteiger charge is -2.34. The van der Waals surface area contributed by atoms with Gasteiger partial charge in [-0.1, -0.05) is 29.8 Å². The van der Waals surface area contributed by atoms with Crippen molar-refractivity contribution in [2.75, 3.05) is 31.1 Å². The van der Waals surface area contributed by atoms with Gasteiger partial charge in [-0.3, -0.25) is 9.59 Å². The number of hydrogen-bond donors (Lipinski definition) is 1.